The molecule has 3 rings (SSSR count). The lowest BCUT2D eigenvalue weighted by atomic mass is 10.0. The zero-order valence-corrected chi connectivity index (χ0v) is 13.4. The monoisotopic (exact) mass is 342 g/mol. The van der Waals surface area contributed by atoms with Crippen molar-refractivity contribution in [3.63, 3.8) is 0 Å². The number of hydrogen-bond acceptors (Lipinski definition) is 2. The van der Waals surface area contributed by atoms with Gasteiger partial charge in [0.25, 0.3) is 0 Å². The summed E-state index contributed by atoms with van der Waals surface area (Å²) in [5.41, 5.74) is 9.89. The molecule has 1 aromatic heterocycles. The average Bonchev–Trinajstić information content (AvgIpc) is 2.78. The van der Waals surface area contributed by atoms with Crippen LogP contribution in [0.5, 0.6) is 0 Å². The van der Waals surface area contributed by atoms with E-state index < -0.39 is 0 Å². The molecule has 0 spiro atoms. The van der Waals surface area contributed by atoms with E-state index in [4.69, 9.17) is 5.73 Å². The van der Waals surface area contributed by atoms with Crippen LogP contribution in [-0.2, 0) is 7.05 Å². The lowest BCUT2D eigenvalue weighted by molar-refractivity contribution is 0.103. The molecule has 106 valence electrons. The van der Waals surface area contributed by atoms with Gasteiger partial charge in [0.1, 0.15) is 0 Å². The molecule has 0 bridgehead atoms. The molecule has 0 amide bonds. The molecule has 2 N–H and O–H groups in total. The van der Waals surface area contributed by atoms with Crippen molar-refractivity contribution in [1.29, 1.82) is 0 Å². The summed E-state index contributed by atoms with van der Waals surface area (Å²) in [6.45, 7) is 2.04. The van der Waals surface area contributed by atoms with Gasteiger partial charge in [-0.2, -0.15) is 0 Å². The number of hydrogen-bond donors (Lipinski definition) is 1. The van der Waals surface area contributed by atoms with Crippen LogP contribution in [0.25, 0.3) is 10.9 Å². The molecule has 3 nitrogen and oxygen atoms in total. The Labute approximate surface area is 131 Å². The molecular formula is C17H15BrN2O. The van der Waals surface area contributed by atoms with Crippen molar-refractivity contribution in [2.24, 2.45) is 7.05 Å². The molecule has 0 saturated carbocycles. The SMILES string of the molecule is Cc1ccc2c(C(=O)c3cc(N)ccc3Br)cn(C)c2c1. The fourth-order valence-electron chi connectivity index (χ4n) is 2.54. The van der Waals surface area contributed by atoms with Crippen LogP contribution in [0.4, 0.5) is 5.69 Å². The molecule has 0 aliphatic rings. The predicted molar refractivity (Wildman–Crippen MR) is 89.6 cm³/mol. The topological polar surface area (TPSA) is 48.0 Å². The van der Waals surface area contributed by atoms with Gasteiger partial charge in [0.15, 0.2) is 5.78 Å². The Morgan fingerprint density at radius 2 is 1.90 bits per heavy atom. The maximum absolute atomic E-state index is 12.8. The molecule has 4 heteroatoms. The minimum atomic E-state index is -0.0244. The zero-order chi connectivity index (χ0) is 15.1. The second-order valence-corrected chi connectivity index (χ2v) is 6.10. The number of benzene rings is 2. The highest BCUT2D eigenvalue weighted by Gasteiger charge is 2.18. The lowest BCUT2D eigenvalue weighted by Gasteiger charge is -2.04. The summed E-state index contributed by atoms with van der Waals surface area (Å²) in [6.07, 6.45) is 1.88. The summed E-state index contributed by atoms with van der Waals surface area (Å²) in [5.74, 6) is -0.0244. The Balaban J connectivity index is 2.21. The number of ketones is 1. The summed E-state index contributed by atoms with van der Waals surface area (Å²) in [7, 11) is 1.95. The minimum absolute atomic E-state index is 0.0244. The smallest absolute Gasteiger partial charge is 0.196 e. The van der Waals surface area contributed by atoms with E-state index in [0.29, 0.717) is 16.8 Å². The molecule has 0 aliphatic carbocycles. The molecule has 0 fully saturated rings. The van der Waals surface area contributed by atoms with Crippen LogP contribution >= 0.6 is 15.9 Å². The summed E-state index contributed by atoms with van der Waals surface area (Å²) in [5, 5.41) is 0.961. The predicted octanol–water partition coefficient (Wildman–Crippen LogP) is 4.06. The molecule has 0 aliphatic heterocycles. The number of nitrogen functional groups attached to an aromatic ring is 1. The quantitative estimate of drug-likeness (QED) is 0.563. The van der Waals surface area contributed by atoms with Crippen LogP contribution in [0.1, 0.15) is 21.5 Å². The van der Waals surface area contributed by atoms with Crippen molar-refractivity contribution >= 4 is 38.3 Å². The Bertz CT molecular complexity index is 865. The Morgan fingerprint density at radius 1 is 1.14 bits per heavy atom. The van der Waals surface area contributed by atoms with Crippen molar-refractivity contribution in [2.45, 2.75) is 6.92 Å². The number of nitrogens with two attached hydrogens (primary N) is 1. The van der Waals surface area contributed by atoms with E-state index in [1.54, 1.807) is 18.2 Å². The van der Waals surface area contributed by atoms with Crippen LogP contribution in [-0.4, -0.2) is 10.4 Å². The number of fused-ring (bicyclic) bond motifs is 1. The van der Waals surface area contributed by atoms with Crippen LogP contribution < -0.4 is 5.73 Å². The van der Waals surface area contributed by atoms with Gasteiger partial charge < -0.3 is 10.3 Å². The molecule has 21 heavy (non-hydrogen) atoms. The zero-order valence-electron chi connectivity index (χ0n) is 11.9. The number of carbonyl (C=O) groups is 1. The molecular weight excluding hydrogens is 328 g/mol. The number of anilines is 1. The van der Waals surface area contributed by atoms with Crippen molar-refractivity contribution in [2.75, 3.05) is 5.73 Å². The maximum atomic E-state index is 12.8. The number of aromatic nitrogens is 1. The molecule has 0 unspecified atom stereocenters. The van der Waals surface area contributed by atoms with E-state index in [1.807, 2.05) is 36.9 Å². The van der Waals surface area contributed by atoms with E-state index in [1.165, 1.54) is 5.56 Å². The lowest BCUT2D eigenvalue weighted by Crippen LogP contribution is -2.03. The van der Waals surface area contributed by atoms with Crippen molar-refractivity contribution in [3.05, 3.63) is 63.8 Å². The van der Waals surface area contributed by atoms with Crippen molar-refractivity contribution in [3.8, 4) is 0 Å². The summed E-state index contributed by atoms with van der Waals surface area (Å²) in [6, 6.07) is 11.4. The largest absolute Gasteiger partial charge is 0.399 e. The Kier molecular flexibility index (Phi) is 3.33. The third kappa shape index (κ3) is 2.36. The highest BCUT2D eigenvalue weighted by atomic mass is 79.9. The highest BCUT2D eigenvalue weighted by molar-refractivity contribution is 9.10. The van der Waals surface area contributed by atoms with E-state index in [0.717, 1.165) is 15.4 Å². The van der Waals surface area contributed by atoms with Gasteiger partial charge >= 0.3 is 0 Å². The normalized spacial score (nSPS) is 11.0. The second-order valence-electron chi connectivity index (χ2n) is 5.24. The summed E-state index contributed by atoms with van der Waals surface area (Å²) >= 11 is 3.43. The summed E-state index contributed by atoms with van der Waals surface area (Å²) < 4.78 is 2.74. The van der Waals surface area contributed by atoms with Gasteiger partial charge in [0.05, 0.1) is 0 Å². The van der Waals surface area contributed by atoms with Gasteiger partial charge in [-0.3, -0.25) is 4.79 Å². The third-order valence-electron chi connectivity index (χ3n) is 3.63. The molecule has 0 atom stereocenters. The maximum Gasteiger partial charge on any atom is 0.196 e. The first-order valence-electron chi connectivity index (χ1n) is 6.63. The molecule has 0 saturated heterocycles. The van der Waals surface area contributed by atoms with Crippen LogP contribution in [0, 0.1) is 6.92 Å². The third-order valence-corrected chi connectivity index (χ3v) is 4.32. The van der Waals surface area contributed by atoms with E-state index >= 15 is 0 Å². The van der Waals surface area contributed by atoms with Gasteiger partial charge in [-0.25, -0.2) is 0 Å². The first-order chi connectivity index (χ1) is 9.97. The summed E-state index contributed by atoms with van der Waals surface area (Å²) in [4.78, 5) is 12.8. The first kappa shape index (κ1) is 13.9. The number of rotatable bonds is 2. The number of halogens is 1. The van der Waals surface area contributed by atoms with Crippen LogP contribution in [0.15, 0.2) is 47.1 Å². The van der Waals surface area contributed by atoms with Gasteiger partial charge in [0.2, 0.25) is 0 Å². The molecule has 0 radical (unpaired) electrons. The fourth-order valence-corrected chi connectivity index (χ4v) is 2.96. The van der Waals surface area contributed by atoms with Crippen LogP contribution in [0.3, 0.4) is 0 Å². The molecule has 1 heterocycles. The first-order valence-corrected chi connectivity index (χ1v) is 7.42. The van der Waals surface area contributed by atoms with Crippen molar-refractivity contribution in [1.82, 2.24) is 4.57 Å². The van der Waals surface area contributed by atoms with Crippen molar-refractivity contribution < 1.29 is 4.79 Å². The average molecular weight is 343 g/mol. The minimum Gasteiger partial charge on any atom is -0.399 e. The Hall–Kier alpha value is -2.07. The van der Waals surface area contributed by atoms with Gasteiger partial charge in [-0.1, -0.05) is 28.1 Å². The van der Waals surface area contributed by atoms with Gasteiger partial charge in [-0.05, 0) is 36.8 Å². The fraction of sp³-hybridized carbons (Fsp3) is 0.118. The molecule has 3 aromatic rings. The van der Waals surface area contributed by atoms with Crippen LogP contribution in [0.2, 0.25) is 0 Å². The van der Waals surface area contributed by atoms with Gasteiger partial charge in [0, 0.05) is 45.4 Å². The van der Waals surface area contributed by atoms with Gasteiger partial charge in [-0.15, -0.1) is 0 Å². The molecule has 2 aromatic carbocycles. The Morgan fingerprint density at radius 3 is 2.67 bits per heavy atom. The second kappa shape index (κ2) is 5.04. The van der Waals surface area contributed by atoms with E-state index in [-0.39, 0.29) is 5.78 Å². The standard InChI is InChI=1S/C17H15BrN2O/c1-10-3-5-12-14(9-20(2)16(12)7-10)17(21)13-8-11(19)4-6-15(13)18/h3-9H,19H2,1-2H3. The van der Waals surface area contributed by atoms with E-state index in [2.05, 4.69) is 22.0 Å². The highest BCUT2D eigenvalue weighted by Crippen LogP contribution is 2.28. The number of aryl methyl sites for hydroxylation is 2. The van der Waals surface area contributed by atoms with E-state index in [9.17, 15) is 4.79 Å². The number of carbonyl (C=O) groups excluding carboxylic acids is 1. The number of nitrogens with zero attached hydrogens (tertiary/aromatic N) is 1.